The fourth-order valence-corrected chi connectivity index (χ4v) is 4.09. The number of nitrogens with one attached hydrogen (secondary N) is 1. The second-order valence-corrected chi connectivity index (χ2v) is 9.28. The number of nitrogens with zero attached hydrogens (tertiary/aromatic N) is 1. The number of carbonyl (C=O) groups is 1. The topological polar surface area (TPSA) is 84.9 Å². The van der Waals surface area contributed by atoms with Crippen molar-refractivity contribution in [2.75, 3.05) is 30.8 Å². The van der Waals surface area contributed by atoms with Crippen molar-refractivity contribution in [1.29, 1.82) is 0 Å². The van der Waals surface area contributed by atoms with Gasteiger partial charge in [0.1, 0.15) is 18.0 Å². The molecule has 0 heterocycles. The van der Waals surface area contributed by atoms with Crippen LogP contribution < -0.4 is 19.1 Å². The number of sulfonamides is 1. The first-order valence-corrected chi connectivity index (χ1v) is 12.2. The maximum Gasteiger partial charge on any atom is 0.241 e. The van der Waals surface area contributed by atoms with E-state index in [1.54, 1.807) is 31.4 Å². The molecule has 0 spiro atoms. The van der Waals surface area contributed by atoms with Crippen molar-refractivity contribution in [3.63, 3.8) is 0 Å². The zero-order chi connectivity index (χ0) is 23.0. The Labute approximate surface area is 185 Å². The van der Waals surface area contributed by atoms with E-state index in [9.17, 15) is 13.2 Å². The molecule has 0 radical (unpaired) electrons. The van der Waals surface area contributed by atoms with E-state index in [-0.39, 0.29) is 18.5 Å². The maximum atomic E-state index is 12.8. The molecule has 0 aromatic heterocycles. The summed E-state index contributed by atoms with van der Waals surface area (Å²) in [4.78, 5) is 12.8. The molecule has 170 valence electrons. The Kier molecular flexibility index (Phi) is 8.74. The minimum absolute atomic E-state index is 0.233. The highest BCUT2D eigenvalue weighted by atomic mass is 32.2. The van der Waals surface area contributed by atoms with Gasteiger partial charge in [0.15, 0.2) is 0 Å². The number of methoxy groups -OCH3 is 1. The fourth-order valence-electron chi connectivity index (χ4n) is 3.24. The lowest BCUT2D eigenvalue weighted by atomic mass is 10.0. The Hall–Kier alpha value is -2.74. The molecule has 0 aliphatic carbocycles. The first-order valence-electron chi connectivity index (χ1n) is 10.3. The molecule has 1 N–H and O–H groups in total. The molecule has 0 aliphatic heterocycles. The third-order valence-electron chi connectivity index (χ3n) is 4.85. The quantitative estimate of drug-likeness (QED) is 0.565. The number of ether oxygens (including phenoxy) is 2. The zero-order valence-electron chi connectivity index (χ0n) is 18.8. The Bertz CT molecular complexity index is 974. The van der Waals surface area contributed by atoms with Gasteiger partial charge in [-0.1, -0.05) is 26.0 Å². The molecular weight excluding hydrogens is 416 g/mol. The highest BCUT2D eigenvalue weighted by Crippen LogP contribution is 2.25. The Balaban J connectivity index is 2.15. The molecule has 0 aliphatic rings. The van der Waals surface area contributed by atoms with Crippen LogP contribution in [0, 0.1) is 6.92 Å². The van der Waals surface area contributed by atoms with Gasteiger partial charge < -0.3 is 14.8 Å². The number of amides is 1. The van der Waals surface area contributed by atoms with Crippen molar-refractivity contribution in [2.45, 2.75) is 39.7 Å². The summed E-state index contributed by atoms with van der Waals surface area (Å²) in [6, 6.07) is 12.2. The van der Waals surface area contributed by atoms with Crippen LogP contribution in [-0.4, -0.2) is 40.8 Å². The largest absolute Gasteiger partial charge is 0.496 e. The summed E-state index contributed by atoms with van der Waals surface area (Å²) in [6.45, 7) is 6.19. The third kappa shape index (κ3) is 6.89. The van der Waals surface area contributed by atoms with Crippen molar-refractivity contribution >= 4 is 21.6 Å². The SMILES string of the molecule is CCCOc1ccc(N(CC(=O)NC(CC)c2ccc(OC)c(C)c2)S(C)(=O)=O)cc1. The van der Waals surface area contributed by atoms with Gasteiger partial charge in [0.25, 0.3) is 0 Å². The number of hydrogen-bond donors (Lipinski definition) is 1. The summed E-state index contributed by atoms with van der Waals surface area (Å²) >= 11 is 0. The number of aryl methyl sites for hydroxylation is 1. The lowest BCUT2D eigenvalue weighted by Gasteiger charge is -2.24. The Morgan fingerprint density at radius 2 is 1.81 bits per heavy atom. The normalized spacial score (nSPS) is 12.2. The summed E-state index contributed by atoms with van der Waals surface area (Å²) in [5.74, 6) is 1.06. The second-order valence-electron chi connectivity index (χ2n) is 7.37. The first kappa shape index (κ1) is 24.5. The van der Waals surface area contributed by atoms with Crippen molar-refractivity contribution in [3.05, 3.63) is 53.6 Å². The fraction of sp³-hybridized carbons (Fsp3) is 0.435. The number of rotatable bonds is 11. The number of hydrogen-bond acceptors (Lipinski definition) is 5. The van der Waals surface area contributed by atoms with Crippen LogP contribution >= 0.6 is 0 Å². The van der Waals surface area contributed by atoms with Gasteiger partial charge in [-0.3, -0.25) is 9.10 Å². The average molecular weight is 449 g/mol. The van der Waals surface area contributed by atoms with E-state index in [0.717, 1.165) is 33.9 Å². The molecule has 2 aromatic rings. The summed E-state index contributed by atoms with van der Waals surface area (Å²) in [7, 11) is -2.04. The van der Waals surface area contributed by atoms with Crippen molar-refractivity contribution in [3.8, 4) is 11.5 Å². The van der Waals surface area contributed by atoms with Gasteiger partial charge in [-0.05, 0) is 61.2 Å². The lowest BCUT2D eigenvalue weighted by molar-refractivity contribution is -0.120. The molecule has 1 atom stereocenters. The maximum absolute atomic E-state index is 12.8. The van der Waals surface area contributed by atoms with Gasteiger partial charge in [0.2, 0.25) is 15.9 Å². The minimum atomic E-state index is -3.65. The van der Waals surface area contributed by atoms with Gasteiger partial charge >= 0.3 is 0 Å². The van der Waals surface area contributed by atoms with Gasteiger partial charge in [0, 0.05) is 0 Å². The van der Waals surface area contributed by atoms with E-state index in [1.807, 2.05) is 39.0 Å². The van der Waals surface area contributed by atoms with Gasteiger partial charge in [-0.2, -0.15) is 0 Å². The standard InChI is InChI=1S/C23H32N2O5S/c1-6-14-30-20-11-9-19(10-12-20)25(31(5,27)28)16-23(26)24-21(7-2)18-8-13-22(29-4)17(3)15-18/h8-13,15,21H,6-7,14,16H2,1-5H3,(H,24,26). The summed E-state index contributed by atoms with van der Waals surface area (Å²) < 4.78 is 36.7. The van der Waals surface area contributed by atoms with Crippen LogP contribution in [0.15, 0.2) is 42.5 Å². The highest BCUT2D eigenvalue weighted by Gasteiger charge is 2.23. The van der Waals surface area contributed by atoms with Crippen LogP contribution in [-0.2, 0) is 14.8 Å². The minimum Gasteiger partial charge on any atom is -0.496 e. The van der Waals surface area contributed by atoms with Crippen molar-refractivity contribution in [1.82, 2.24) is 5.32 Å². The monoisotopic (exact) mass is 448 g/mol. The molecule has 2 rings (SSSR count). The van der Waals surface area contributed by atoms with Crippen molar-refractivity contribution in [2.24, 2.45) is 0 Å². The third-order valence-corrected chi connectivity index (χ3v) is 5.99. The first-order chi connectivity index (χ1) is 14.7. The molecule has 2 aromatic carbocycles. The Morgan fingerprint density at radius 3 is 2.32 bits per heavy atom. The van der Waals surface area contributed by atoms with E-state index >= 15 is 0 Å². The second kappa shape index (κ2) is 11.0. The summed E-state index contributed by atoms with van der Waals surface area (Å²) in [5, 5.41) is 2.95. The Morgan fingerprint density at radius 1 is 1.13 bits per heavy atom. The smallest absolute Gasteiger partial charge is 0.241 e. The van der Waals surface area contributed by atoms with E-state index in [4.69, 9.17) is 9.47 Å². The van der Waals surface area contributed by atoms with Crippen LogP contribution in [0.2, 0.25) is 0 Å². The summed E-state index contributed by atoms with van der Waals surface area (Å²) in [5.41, 5.74) is 2.32. The molecule has 0 saturated carbocycles. The molecule has 0 saturated heterocycles. The zero-order valence-corrected chi connectivity index (χ0v) is 19.7. The van der Waals surface area contributed by atoms with E-state index in [2.05, 4.69) is 5.32 Å². The predicted octanol–water partition coefficient (Wildman–Crippen LogP) is 3.83. The molecule has 7 nitrogen and oxygen atoms in total. The average Bonchev–Trinajstić information content (AvgIpc) is 2.74. The number of carbonyl (C=O) groups excluding carboxylic acids is 1. The lowest BCUT2D eigenvalue weighted by Crippen LogP contribution is -2.41. The van der Waals surface area contributed by atoms with Gasteiger partial charge in [-0.25, -0.2) is 8.42 Å². The molecule has 0 bridgehead atoms. The number of benzene rings is 2. The van der Waals surface area contributed by atoms with E-state index in [1.165, 1.54) is 0 Å². The van der Waals surface area contributed by atoms with Crippen LogP contribution in [0.3, 0.4) is 0 Å². The van der Waals surface area contributed by atoms with Crippen LogP contribution in [0.1, 0.15) is 43.9 Å². The van der Waals surface area contributed by atoms with Gasteiger partial charge in [-0.15, -0.1) is 0 Å². The van der Waals surface area contributed by atoms with Crippen LogP contribution in [0.4, 0.5) is 5.69 Å². The van der Waals surface area contributed by atoms with Crippen molar-refractivity contribution < 1.29 is 22.7 Å². The molecule has 0 fully saturated rings. The van der Waals surface area contributed by atoms with Gasteiger partial charge in [0.05, 0.1) is 31.7 Å². The number of anilines is 1. The highest BCUT2D eigenvalue weighted by molar-refractivity contribution is 7.92. The van der Waals surface area contributed by atoms with Crippen LogP contribution in [0.5, 0.6) is 11.5 Å². The summed E-state index contributed by atoms with van der Waals surface area (Å²) in [6.07, 6.45) is 2.63. The van der Waals surface area contributed by atoms with E-state index in [0.29, 0.717) is 24.5 Å². The molecule has 31 heavy (non-hydrogen) atoms. The molecule has 1 unspecified atom stereocenters. The molecule has 8 heteroatoms. The van der Waals surface area contributed by atoms with Crippen LogP contribution in [0.25, 0.3) is 0 Å². The van der Waals surface area contributed by atoms with E-state index < -0.39 is 10.0 Å². The molecular formula is C23H32N2O5S. The predicted molar refractivity (Wildman–Crippen MR) is 123 cm³/mol. The molecule has 1 amide bonds.